The fraction of sp³-hybridized carbons (Fsp3) is 0.583. The molecule has 3 rings (SSSR count). The molecule has 18 heavy (non-hydrogen) atoms. The van der Waals surface area contributed by atoms with Crippen molar-refractivity contribution in [3.05, 3.63) is 12.4 Å². The number of anilines is 1. The van der Waals surface area contributed by atoms with Crippen molar-refractivity contribution in [1.82, 2.24) is 9.78 Å². The molecule has 2 fully saturated rings. The second-order valence-electron chi connectivity index (χ2n) is 5.11. The van der Waals surface area contributed by atoms with E-state index in [1.54, 1.807) is 6.20 Å². The molecule has 6 nitrogen and oxygen atoms in total. The second kappa shape index (κ2) is 4.12. The summed E-state index contributed by atoms with van der Waals surface area (Å²) in [5.41, 5.74) is 0.712. The van der Waals surface area contributed by atoms with Gasteiger partial charge in [0.2, 0.25) is 5.91 Å². The largest absolute Gasteiger partial charge is 0.481 e. The van der Waals surface area contributed by atoms with E-state index in [9.17, 15) is 9.59 Å². The lowest BCUT2D eigenvalue weighted by Crippen LogP contribution is -2.25. The van der Waals surface area contributed by atoms with Gasteiger partial charge in [0.05, 0.1) is 17.8 Å². The van der Waals surface area contributed by atoms with Crippen molar-refractivity contribution in [3.8, 4) is 0 Å². The van der Waals surface area contributed by atoms with E-state index < -0.39 is 11.9 Å². The fourth-order valence-corrected chi connectivity index (χ4v) is 2.28. The standard InChI is InChI=1S/C12H15N3O3/c16-11-3-9(12(17)18)6-15(11)10-4-13-14(7-10)5-8-1-2-8/h4,7-9H,1-3,5-6H2,(H,17,18). The van der Waals surface area contributed by atoms with Gasteiger partial charge in [0.1, 0.15) is 0 Å². The van der Waals surface area contributed by atoms with Gasteiger partial charge in [-0.15, -0.1) is 0 Å². The zero-order valence-electron chi connectivity index (χ0n) is 9.95. The highest BCUT2D eigenvalue weighted by molar-refractivity contribution is 5.98. The van der Waals surface area contributed by atoms with Crippen LogP contribution in [-0.4, -0.2) is 33.3 Å². The van der Waals surface area contributed by atoms with Gasteiger partial charge in [-0.05, 0) is 18.8 Å². The van der Waals surface area contributed by atoms with Crippen molar-refractivity contribution >= 4 is 17.6 Å². The van der Waals surface area contributed by atoms with Crippen molar-refractivity contribution in [2.45, 2.75) is 25.8 Å². The van der Waals surface area contributed by atoms with Crippen LogP contribution in [0.1, 0.15) is 19.3 Å². The number of carbonyl (C=O) groups is 2. The maximum Gasteiger partial charge on any atom is 0.308 e. The Morgan fingerprint density at radius 3 is 2.89 bits per heavy atom. The smallest absolute Gasteiger partial charge is 0.308 e. The van der Waals surface area contributed by atoms with Crippen molar-refractivity contribution in [3.63, 3.8) is 0 Å². The van der Waals surface area contributed by atoms with Crippen LogP contribution in [0.25, 0.3) is 0 Å². The van der Waals surface area contributed by atoms with Crippen molar-refractivity contribution in [2.24, 2.45) is 11.8 Å². The molecule has 1 aromatic heterocycles. The number of aliphatic carboxylic acids is 1. The molecule has 1 saturated carbocycles. The Bertz CT molecular complexity index is 493. The first kappa shape index (κ1) is 11.3. The molecule has 0 aromatic carbocycles. The summed E-state index contributed by atoms with van der Waals surface area (Å²) in [6.07, 6.45) is 6.06. The molecule has 1 saturated heterocycles. The van der Waals surface area contributed by atoms with E-state index in [1.807, 2.05) is 10.9 Å². The van der Waals surface area contributed by atoms with Gasteiger partial charge in [0, 0.05) is 25.7 Å². The minimum absolute atomic E-state index is 0.0864. The van der Waals surface area contributed by atoms with Gasteiger partial charge in [-0.25, -0.2) is 0 Å². The normalized spacial score (nSPS) is 23.7. The van der Waals surface area contributed by atoms with Gasteiger partial charge in [-0.1, -0.05) is 0 Å². The predicted octanol–water partition coefficient (Wildman–Crippen LogP) is 0.731. The summed E-state index contributed by atoms with van der Waals surface area (Å²) in [4.78, 5) is 24.2. The third kappa shape index (κ3) is 2.10. The van der Waals surface area contributed by atoms with E-state index >= 15 is 0 Å². The maximum absolute atomic E-state index is 11.8. The van der Waals surface area contributed by atoms with E-state index in [0.717, 1.165) is 12.5 Å². The van der Waals surface area contributed by atoms with Gasteiger partial charge in [0.25, 0.3) is 0 Å². The number of amides is 1. The molecule has 1 aromatic rings. The van der Waals surface area contributed by atoms with Crippen LogP contribution >= 0.6 is 0 Å². The number of aromatic nitrogens is 2. The van der Waals surface area contributed by atoms with Crippen molar-refractivity contribution in [2.75, 3.05) is 11.4 Å². The van der Waals surface area contributed by atoms with Crippen LogP contribution < -0.4 is 4.90 Å². The fourth-order valence-electron chi connectivity index (χ4n) is 2.28. The minimum atomic E-state index is -0.906. The highest BCUT2D eigenvalue weighted by Gasteiger charge is 2.35. The lowest BCUT2D eigenvalue weighted by molar-refractivity contribution is -0.141. The molecule has 1 aliphatic carbocycles. The van der Waals surface area contributed by atoms with Crippen LogP contribution in [0.2, 0.25) is 0 Å². The lowest BCUT2D eigenvalue weighted by atomic mass is 10.1. The predicted molar refractivity (Wildman–Crippen MR) is 63.0 cm³/mol. The van der Waals surface area contributed by atoms with E-state index in [1.165, 1.54) is 17.7 Å². The average Bonchev–Trinajstić information content (AvgIpc) is 2.86. The Morgan fingerprint density at radius 1 is 1.50 bits per heavy atom. The summed E-state index contributed by atoms with van der Waals surface area (Å²) in [7, 11) is 0. The van der Waals surface area contributed by atoms with Crippen LogP contribution in [0.15, 0.2) is 12.4 Å². The molecular weight excluding hydrogens is 234 g/mol. The third-order valence-electron chi connectivity index (χ3n) is 3.55. The average molecular weight is 249 g/mol. The van der Waals surface area contributed by atoms with E-state index in [0.29, 0.717) is 5.69 Å². The molecule has 0 bridgehead atoms. The number of hydrogen-bond acceptors (Lipinski definition) is 3. The summed E-state index contributed by atoms with van der Waals surface area (Å²) in [5.74, 6) is -0.910. The number of rotatable bonds is 4. The van der Waals surface area contributed by atoms with Crippen LogP contribution in [0.4, 0.5) is 5.69 Å². The number of carboxylic acids is 1. The molecule has 1 amide bonds. The Labute approximate surface area is 104 Å². The molecular formula is C12H15N3O3. The highest BCUT2D eigenvalue weighted by Crippen LogP contribution is 2.31. The molecule has 1 atom stereocenters. The number of hydrogen-bond donors (Lipinski definition) is 1. The van der Waals surface area contributed by atoms with Gasteiger partial charge >= 0.3 is 5.97 Å². The molecule has 2 heterocycles. The molecule has 1 N–H and O–H groups in total. The molecule has 96 valence electrons. The lowest BCUT2D eigenvalue weighted by Gasteiger charge is -2.12. The first-order valence-corrected chi connectivity index (χ1v) is 6.19. The molecule has 0 radical (unpaired) electrons. The summed E-state index contributed by atoms with van der Waals surface area (Å²) in [5, 5.41) is 13.1. The highest BCUT2D eigenvalue weighted by atomic mass is 16.4. The van der Waals surface area contributed by atoms with Crippen LogP contribution in [-0.2, 0) is 16.1 Å². The topological polar surface area (TPSA) is 75.4 Å². The number of carboxylic acid groups (broad SMARTS) is 1. The number of nitrogens with zero attached hydrogens (tertiary/aromatic N) is 3. The Kier molecular flexibility index (Phi) is 2.57. The van der Waals surface area contributed by atoms with Gasteiger partial charge in [-0.3, -0.25) is 14.3 Å². The zero-order chi connectivity index (χ0) is 12.7. The van der Waals surface area contributed by atoms with Crippen LogP contribution in [0.5, 0.6) is 0 Å². The van der Waals surface area contributed by atoms with E-state index in [-0.39, 0.29) is 18.9 Å². The summed E-state index contributed by atoms with van der Waals surface area (Å²) in [6, 6.07) is 0. The zero-order valence-corrected chi connectivity index (χ0v) is 9.95. The van der Waals surface area contributed by atoms with Crippen LogP contribution in [0, 0.1) is 11.8 Å². The van der Waals surface area contributed by atoms with Gasteiger partial charge in [0.15, 0.2) is 0 Å². The van der Waals surface area contributed by atoms with Crippen molar-refractivity contribution < 1.29 is 14.7 Å². The molecule has 0 spiro atoms. The summed E-state index contributed by atoms with van der Waals surface area (Å²) in [6.45, 7) is 1.15. The maximum atomic E-state index is 11.8. The molecule has 1 unspecified atom stereocenters. The number of carbonyl (C=O) groups excluding carboxylic acids is 1. The molecule has 1 aliphatic heterocycles. The second-order valence-corrected chi connectivity index (χ2v) is 5.11. The van der Waals surface area contributed by atoms with E-state index in [4.69, 9.17) is 5.11 Å². The summed E-state index contributed by atoms with van der Waals surface area (Å²) >= 11 is 0. The van der Waals surface area contributed by atoms with Gasteiger partial charge in [-0.2, -0.15) is 5.10 Å². The molecule has 2 aliphatic rings. The Hall–Kier alpha value is -1.85. The quantitative estimate of drug-likeness (QED) is 0.853. The van der Waals surface area contributed by atoms with E-state index in [2.05, 4.69) is 5.10 Å². The first-order chi connectivity index (χ1) is 8.63. The van der Waals surface area contributed by atoms with Crippen molar-refractivity contribution in [1.29, 1.82) is 0 Å². The first-order valence-electron chi connectivity index (χ1n) is 6.19. The van der Waals surface area contributed by atoms with Gasteiger partial charge < -0.3 is 10.0 Å². The third-order valence-corrected chi connectivity index (χ3v) is 3.55. The summed E-state index contributed by atoms with van der Waals surface area (Å²) < 4.78 is 1.84. The molecule has 6 heteroatoms. The monoisotopic (exact) mass is 249 g/mol. The Balaban J connectivity index is 1.71. The van der Waals surface area contributed by atoms with Crippen LogP contribution in [0.3, 0.4) is 0 Å². The Morgan fingerprint density at radius 2 is 2.28 bits per heavy atom. The SMILES string of the molecule is O=C(O)C1CC(=O)N(c2cnn(CC3CC3)c2)C1. The minimum Gasteiger partial charge on any atom is -0.481 e.